The number of rotatable bonds is 3. The van der Waals surface area contributed by atoms with Crippen LogP contribution in [0.4, 0.5) is 10.2 Å². The highest BCUT2D eigenvalue weighted by molar-refractivity contribution is 7.78. The second kappa shape index (κ2) is 6.99. The lowest BCUT2D eigenvalue weighted by Crippen LogP contribution is -2.39. The van der Waals surface area contributed by atoms with Gasteiger partial charge in [-0.3, -0.25) is 9.69 Å². The maximum absolute atomic E-state index is 13.4. The van der Waals surface area contributed by atoms with Gasteiger partial charge in [-0.1, -0.05) is 24.3 Å². The minimum atomic E-state index is -0.797. The van der Waals surface area contributed by atoms with E-state index in [0.717, 1.165) is 17.5 Å². The topological polar surface area (TPSA) is 73.0 Å². The fraction of sp³-hybridized carbons (Fsp3) is 0.333. The van der Waals surface area contributed by atoms with E-state index in [1.165, 1.54) is 6.33 Å². The minimum absolute atomic E-state index is 0.0775. The molecule has 2 unspecified atom stereocenters. The summed E-state index contributed by atoms with van der Waals surface area (Å²) in [7, 11) is 0. The van der Waals surface area contributed by atoms with E-state index in [1.54, 1.807) is 4.90 Å². The van der Waals surface area contributed by atoms with Gasteiger partial charge in [-0.2, -0.15) is 0 Å². The molecule has 2 aliphatic heterocycles. The first-order valence-electron chi connectivity index (χ1n) is 8.50. The summed E-state index contributed by atoms with van der Waals surface area (Å²) in [6.45, 7) is 0.697. The molecule has 2 aromatic rings. The van der Waals surface area contributed by atoms with Gasteiger partial charge in [0.2, 0.25) is 0 Å². The number of nitrogens with one attached hydrogen (secondary N) is 3. The fourth-order valence-electron chi connectivity index (χ4n) is 3.48. The molecule has 134 valence electrons. The molecule has 0 spiro atoms. The van der Waals surface area contributed by atoms with Crippen molar-refractivity contribution >= 4 is 29.0 Å². The number of hydrogen-bond donors (Lipinski definition) is 3. The molecular weight excluding hydrogens is 353 g/mol. The Morgan fingerprint density at radius 2 is 2.19 bits per heavy atom. The van der Waals surface area contributed by atoms with E-state index < -0.39 is 6.17 Å². The number of imidazole rings is 1. The number of anilines is 1. The molecule has 1 aromatic heterocycles. The summed E-state index contributed by atoms with van der Waals surface area (Å²) in [5.74, 6) is 0.647. The number of halogens is 1. The van der Waals surface area contributed by atoms with Crippen LogP contribution in [0.25, 0.3) is 0 Å². The summed E-state index contributed by atoms with van der Waals surface area (Å²) in [6, 6.07) is 7.98. The number of fused-ring (bicyclic) bond motifs is 1. The molecule has 1 amide bonds. The predicted octanol–water partition coefficient (Wildman–Crippen LogP) is 2.68. The van der Waals surface area contributed by atoms with Crippen molar-refractivity contribution in [1.29, 1.82) is 0 Å². The summed E-state index contributed by atoms with van der Waals surface area (Å²) in [4.78, 5) is 21.3. The van der Waals surface area contributed by atoms with E-state index in [9.17, 15) is 9.18 Å². The third-order valence-corrected chi connectivity index (χ3v) is 5.01. The summed E-state index contributed by atoms with van der Waals surface area (Å²) < 4.78 is 13.4. The van der Waals surface area contributed by atoms with Gasteiger partial charge in [0.15, 0.2) is 11.6 Å². The van der Waals surface area contributed by atoms with Crippen LogP contribution in [0.1, 0.15) is 40.5 Å². The number of aromatic nitrogens is 2. The van der Waals surface area contributed by atoms with Crippen LogP contribution in [0.5, 0.6) is 0 Å². The Balaban J connectivity index is 1.63. The zero-order valence-electron chi connectivity index (χ0n) is 14.0. The summed E-state index contributed by atoms with van der Waals surface area (Å²) in [6.07, 6.45) is 1.94. The van der Waals surface area contributed by atoms with Crippen LogP contribution in [-0.2, 0) is 6.54 Å². The number of hydrogen-bond acceptors (Lipinski definition) is 5. The molecule has 3 N–H and O–H groups in total. The fourth-order valence-corrected chi connectivity index (χ4v) is 3.64. The summed E-state index contributed by atoms with van der Waals surface area (Å²) in [5.41, 5.74) is 2.46. The molecule has 1 saturated heterocycles. The molecule has 0 saturated carbocycles. The molecule has 6 nitrogen and oxygen atoms in total. The van der Waals surface area contributed by atoms with Gasteiger partial charge in [0.25, 0.3) is 5.91 Å². The number of thiocarbonyl (C=S) groups is 1. The molecule has 26 heavy (non-hydrogen) atoms. The Hall–Kier alpha value is -2.54. The molecule has 2 atom stereocenters. The largest absolute Gasteiger partial charge is 0.339 e. The van der Waals surface area contributed by atoms with E-state index >= 15 is 0 Å². The number of amides is 1. The van der Waals surface area contributed by atoms with E-state index in [0.29, 0.717) is 36.8 Å². The zero-order valence-corrected chi connectivity index (χ0v) is 14.8. The van der Waals surface area contributed by atoms with Crippen molar-refractivity contribution in [2.75, 3.05) is 11.9 Å². The van der Waals surface area contributed by atoms with Crippen LogP contribution < -0.4 is 10.6 Å². The SMILES string of the molecule is O=C1c2[nH]cnc2NC(=C=S)N1Cc1ccccc1C1CCC(F)CN1. The standard InChI is InChI=1S/C18H18FN5OS/c19-12-5-6-14(20-7-12)13-4-2-1-3-11(13)8-24-15(9-26)23-17-16(18(24)25)21-10-22-17/h1-4,10,12,14,20,23H,5-8H2,(H,21,22). The molecule has 0 bridgehead atoms. The van der Waals surface area contributed by atoms with Gasteiger partial charge in [-0.15, -0.1) is 0 Å². The van der Waals surface area contributed by atoms with E-state index in [4.69, 9.17) is 12.2 Å². The molecule has 2 aliphatic rings. The normalized spacial score (nSPS) is 22.6. The Morgan fingerprint density at radius 3 is 2.96 bits per heavy atom. The van der Waals surface area contributed by atoms with Crippen LogP contribution in [0.15, 0.2) is 36.4 Å². The average molecular weight is 371 g/mol. The van der Waals surface area contributed by atoms with Gasteiger partial charge in [0, 0.05) is 12.6 Å². The van der Waals surface area contributed by atoms with Crippen LogP contribution >= 0.6 is 12.2 Å². The van der Waals surface area contributed by atoms with E-state index in [-0.39, 0.29) is 11.9 Å². The molecular formula is C18H18FN5OS. The van der Waals surface area contributed by atoms with Gasteiger partial charge in [-0.25, -0.2) is 9.37 Å². The highest BCUT2D eigenvalue weighted by Crippen LogP contribution is 2.30. The third-order valence-electron chi connectivity index (χ3n) is 4.82. The van der Waals surface area contributed by atoms with Gasteiger partial charge in [0.1, 0.15) is 11.9 Å². The number of carbonyl (C=O) groups excluding carboxylic acids is 1. The van der Waals surface area contributed by atoms with Gasteiger partial charge in [-0.05, 0) is 41.2 Å². The molecule has 0 aliphatic carbocycles. The van der Waals surface area contributed by atoms with Crippen LogP contribution in [0.2, 0.25) is 0 Å². The Morgan fingerprint density at radius 1 is 1.35 bits per heavy atom. The van der Waals surface area contributed by atoms with Gasteiger partial charge >= 0.3 is 0 Å². The number of carbonyl (C=O) groups is 1. The highest BCUT2D eigenvalue weighted by Gasteiger charge is 2.31. The first-order valence-corrected chi connectivity index (χ1v) is 8.91. The molecule has 4 rings (SSSR count). The first kappa shape index (κ1) is 16.9. The number of alkyl halides is 1. The smallest absolute Gasteiger partial charge is 0.280 e. The third kappa shape index (κ3) is 3.03. The molecule has 8 heteroatoms. The van der Waals surface area contributed by atoms with Crippen molar-refractivity contribution in [1.82, 2.24) is 20.2 Å². The zero-order chi connectivity index (χ0) is 18.1. The van der Waals surface area contributed by atoms with E-state index in [1.807, 2.05) is 24.3 Å². The van der Waals surface area contributed by atoms with Crippen molar-refractivity contribution in [2.24, 2.45) is 0 Å². The number of nitrogens with zero attached hydrogens (tertiary/aromatic N) is 2. The van der Waals surface area contributed by atoms with Gasteiger partial charge in [0.05, 0.1) is 12.9 Å². The lowest BCUT2D eigenvalue weighted by atomic mass is 9.92. The van der Waals surface area contributed by atoms with Crippen LogP contribution in [0.3, 0.4) is 0 Å². The number of H-pyrrole nitrogens is 1. The maximum Gasteiger partial charge on any atom is 0.280 e. The Labute approximate surface area is 155 Å². The second-order valence-electron chi connectivity index (χ2n) is 6.43. The number of aromatic amines is 1. The average Bonchev–Trinajstić information content (AvgIpc) is 3.14. The minimum Gasteiger partial charge on any atom is -0.339 e. The second-order valence-corrected chi connectivity index (χ2v) is 6.63. The molecule has 1 aromatic carbocycles. The van der Waals surface area contributed by atoms with E-state index in [2.05, 4.69) is 25.6 Å². The van der Waals surface area contributed by atoms with Crippen molar-refractivity contribution in [3.05, 3.63) is 53.2 Å². The van der Waals surface area contributed by atoms with Crippen molar-refractivity contribution in [3.63, 3.8) is 0 Å². The summed E-state index contributed by atoms with van der Waals surface area (Å²) >= 11 is 4.96. The first-order chi connectivity index (χ1) is 12.7. The monoisotopic (exact) mass is 371 g/mol. The number of benzene rings is 1. The highest BCUT2D eigenvalue weighted by atomic mass is 32.1. The molecule has 3 heterocycles. The predicted molar refractivity (Wildman–Crippen MR) is 99.5 cm³/mol. The molecule has 0 radical (unpaired) electrons. The quantitative estimate of drug-likeness (QED) is 0.724. The van der Waals surface area contributed by atoms with Gasteiger partial charge < -0.3 is 15.6 Å². The van der Waals surface area contributed by atoms with Crippen LogP contribution in [-0.4, -0.2) is 38.5 Å². The lowest BCUT2D eigenvalue weighted by molar-refractivity contribution is 0.0788. The molecule has 1 fully saturated rings. The van der Waals surface area contributed by atoms with Crippen molar-refractivity contribution < 1.29 is 9.18 Å². The maximum atomic E-state index is 13.4. The summed E-state index contributed by atoms with van der Waals surface area (Å²) in [5, 5.41) is 8.90. The van der Waals surface area contributed by atoms with Crippen molar-refractivity contribution in [2.45, 2.75) is 31.6 Å². The Kier molecular flexibility index (Phi) is 4.55. The van der Waals surface area contributed by atoms with Crippen molar-refractivity contribution in [3.8, 4) is 0 Å². The van der Waals surface area contributed by atoms with Crippen LogP contribution in [0, 0.1) is 0 Å². The number of piperidine rings is 1. The Bertz CT molecular complexity index is 883. The lowest BCUT2D eigenvalue weighted by Gasteiger charge is -2.31.